The summed E-state index contributed by atoms with van der Waals surface area (Å²) >= 11 is 0. The van der Waals surface area contributed by atoms with Gasteiger partial charge in [-0.3, -0.25) is 9.59 Å². The van der Waals surface area contributed by atoms with Crippen LogP contribution in [0, 0.1) is 0 Å². The molecule has 0 aliphatic carbocycles. The van der Waals surface area contributed by atoms with Crippen LogP contribution in [0.2, 0.25) is 0 Å². The number of rotatable bonds is 8. The Balaban J connectivity index is 1.80. The molecule has 1 aromatic carbocycles. The monoisotopic (exact) mass is 317 g/mol. The van der Waals surface area contributed by atoms with E-state index in [0.29, 0.717) is 12.8 Å². The molecule has 1 saturated heterocycles. The van der Waals surface area contributed by atoms with Gasteiger partial charge in [0.15, 0.2) is 0 Å². The third kappa shape index (κ3) is 5.20. The average molecular weight is 317 g/mol. The highest BCUT2D eigenvalue weighted by atomic mass is 16.6. The van der Waals surface area contributed by atoms with E-state index in [-0.39, 0.29) is 18.3 Å². The van der Waals surface area contributed by atoms with E-state index in [1.54, 1.807) is 0 Å². The lowest BCUT2D eigenvalue weighted by Gasteiger charge is -2.09. The number of carbonyl (C=O) groups is 3. The van der Waals surface area contributed by atoms with Crippen LogP contribution in [0.15, 0.2) is 30.3 Å². The van der Waals surface area contributed by atoms with Gasteiger partial charge >= 0.3 is 5.97 Å². The molecule has 1 aromatic rings. The third-order valence-electron chi connectivity index (χ3n) is 3.92. The summed E-state index contributed by atoms with van der Waals surface area (Å²) < 4.78 is 5.31. The molecule has 124 valence electrons. The van der Waals surface area contributed by atoms with Gasteiger partial charge in [-0.1, -0.05) is 50.1 Å². The maximum Gasteiger partial charge on any atom is 0.329 e. The Hall–Kier alpha value is -2.17. The Bertz CT molecular complexity index is 555. The van der Waals surface area contributed by atoms with Crippen LogP contribution in [0.4, 0.5) is 0 Å². The number of unbranched alkanes of at least 4 members (excludes halogenated alkanes) is 2. The van der Waals surface area contributed by atoms with Crippen LogP contribution in [-0.2, 0) is 19.1 Å². The SMILES string of the molecule is CCCCCC(=O)CC(=O)N[C@@H]1C[C@@H](c2ccccc2)OC1=O. The van der Waals surface area contributed by atoms with Crippen molar-refractivity contribution in [3.8, 4) is 0 Å². The van der Waals surface area contributed by atoms with Crippen LogP contribution in [-0.4, -0.2) is 23.7 Å². The molecule has 5 heteroatoms. The molecule has 2 rings (SSSR count). The molecule has 1 aliphatic heterocycles. The third-order valence-corrected chi connectivity index (χ3v) is 3.92. The first-order valence-corrected chi connectivity index (χ1v) is 8.16. The molecule has 1 aliphatic rings. The maximum atomic E-state index is 11.9. The zero-order valence-electron chi connectivity index (χ0n) is 13.4. The number of amides is 1. The van der Waals surface area contributed by atoms with Gasteiger partial charge in [0.05, 0.1) is 6.42 Å². The smallest absolute Gasteiger partial charge is 0.329 e. The van der Waals surface area contributed by atoms with E-state index < -0.39 is 17.9 Å². The fraction of sp³-hybridized carbons (Fsp3) is 0.500. The Kier molecular flexibility index (Phi) is 6.32. The first-order chi connectivity index (χ1) is 11.1. The Morgan fingerprint density at radius 2 is 1.96 bits per heavy atom. The molecule has 5 nitrogen and oxygen atoms in total. The Morgan fingerprint density at radius 3 is 2.65 bits per heavy atom. The van der Waals surface area contributed by atoms with Crippen molar-refractivity contribution in [3.63, 3.8) is 0 Å². The molecule has 0 radical (unpaired) electrons. The van der Waals surface area contributed by atoms with Crippen molar-refractivity contribution >= 4 is 17.7 Å². The van der Waals surface area contributed by atoms with E-state index in [1.165, 1.54) is 0 Å². The van der Waals surface area contributed by atoms with E-state index in [9.17, 15) is 14.4 Å². The highest BCUT2D eigenvalue weighted by Crippen LogP contribution is 2.29. The lowest BCUT2D eigenvalue weighted by Crippen LogP contribution is -2.38. The lowest BCUT2D eigenvalue weighted by atomic mass is 10.0. The number of Topliss-reactive ketones (excluding diaryl/α,β-unsaturated/α-hetero) is 1. The summed E-state index contributed by atoms with van der Waals surface area (Å²) in [5, 5.41) is 2.62. The van der Waals surface area contributed by atoms with Crippen LogP contribution in [0.1, 0.15) is 57.1 Å². The van der Waals surface area contributed by atoms with Gasteiger partial charge in [-0.15, -0.1) is 0 Å². The van der Waals surface area contributed by atoms with Gasteiger partial charge in [-0.05, 0) is 12.0 Å². The number of nitrogens with one attached hydrogen (secondary N) is 1. The molecule has 1 amide bonds. The summed E-state index contributed by atoms with van der Waals surface area (Å²) in [5.74, 6) is -0.922. The predicted octanol–water partition coefficient (Wildman–Crippen LogP) is 2.70. The van der Waals surface area contributed by atoms with Crippen molar-refractivity contribution in [3.05, 3.63) is 35.9 Å². The summed E-state index contributed by atoms with van der Waals surface area (Å²) in [4.78, 5) is 35.5. The number of esters is 1. The van der Waals surface area contributed by atoms with Gasteiger partial charge in [0, 0.05) is 12.8 Å². The van der Waals surface area contributed by atoms with Gasteiger partial charge < -0.3 is 10.1 Å². The van der Waals surface area contributed by atoms with Crippen LogP contribution in [0.25, 0.3) is 0 Å². The van der Waals surface area contributed by atoms with Gasteiger partial charge in [0.2, 0.25) is 5.91 Å². The van der Waals surface area contributed by atoms with Crippen molar-refractivity contribution in [1.82, 2.24) is 5.32 Å². The molecule has 1 fully saturated rings. The van der Waals surface area contributed by atoms with E-state index >= 15 is 0 Å². The number of cyclic esters (lactones) is 1. The summed E-state index contributed by atoms with van der Waals surface area (Å²) in [6.45, 7) is 2.06. The van der Waals surface area contributed by atoms with Gasteiger partial charge in [0.25, 0.3) is 0 Å². The molecular formula is C18H23NO4. The highest BCUT2D eigenvalue weighted by Gasteiger charge is 2.36. The zero-order valence-corrected chi connectivity index (χ0v) is 13.4. The van der Waals surface area contributed by atoms with Crippen LogP contribution >= 0.6 is 0 Å². The van der Waals surface area contributed by atoms with Crippen molar-refractivity contribution < 1.29 is 19.1 Å². The molecule has 0 saturated carbocycles. The molecule has 23 heavy (non-hydrogen) atoms. The van der Waals surface area contributed by atoms with E-state index in [0.717, 1.165) is 24.8 Å². The minimum atomic E-state index is -0.670. The van der Waals surface area contributed by atoms with Crippen molar-refractivity contribution in [2.45, 2.75) is 57.6 Å². The first kappa shape index (κ1) is 17.2. The normalized spacial score (nSPS) is 20.1. The second-order valence-electron chi connectivity index (χ2n) is 5.86. The lowest BCUT2D eigenvalue weighted by molar-refractivity contribution is -0.144. The van der Waals surface area contributed by atoms with E-state index in [2.05, 4.69) is 12.2 Å². The Morgan fingerprint density at radius 1 is 1.22 bits per heavy atom. The summed E-state index contributed by atoms with van der Waals surface area (Å²) in [7, 11) is 0. The summed E-state index contributed by atoms with van der Waals surface area (Å²) in [5.41, 5.74) is 0.910. The van der Waals surface area contributed by atoms with E-state index in [1.807, 2.05) is 30.3 Å². The minimum absolute atomic E-state index is 0.0816. The topological polar surface area (TPSA) is 72.5 Å². The molecule has 2 atom stereocenters. The fourth-order valence-electron chi connectivity index (χ4n) is 2.66. The number of hydrogen-bond acceptors (Lipinski definition) is 4. The predicted molar refractivity (Wildman–Crippen MR) is 85.6 cm³/mol. The molecule has 0 aromatic heterocycles. The van der Waals surface area contributed by atoms with Crippen molar-refractivity contribution in [1.29, 1.82) is 0 Å². The van der Waals surface area contributed by atoms with Gasteiger partial charge in [0.1, 0.15) is 17.9 Å². The maximum absolute atomic E-state index is 11.9. The van der Waals surface area contributed by atoms with Crippen molar-refractivity contribution in [2.24, 2.45) is 0 Å². The molecule has 0 unspecified atom stereocenters. The van der Waals surface area contributed by atoms with Crippen LogP contribution < -0.4 is 5.32 Å². The summed E-state index contributed by atoms with van der Waals surface area (Å²) in [6.07, 6.45) is 3.15. The Labute approximate surface area is 136 Å². The molecule has 1 N–H and O–H groups in total. The summed E-state index contributed by atoms with van der Waals surface area (Å²) in [6, 6.07) is 8.76. The number of carbonyl (C=O) groups excluding carboxylic acids is 3. The molecule has 0 spiro atoms. The van der Waals surface area contributed by atoms with Crippen molar-refractivity contribution in [2.75, 3.05) is 0 Å². The van der Waals surface area contributed by atoms with Crippen LogP contribution in [0.3, 0.4) is 0 Å². The fourth-order valence-corrected chi connectivity index (χ4v) is 2.66. The average Bonchev–Trinajstić information content (AvgIpc) is 2.89. The zero-order chi connectivity index (χ0) is 16.7. The second kappa shape index (κ2) is 8.46. The quantitative estimate of drug-likeness (QED) is 0.454. The van der Waals surface area contributed by atoms with Gasteiger partial charge in [-0.25, -0.2) is 4.79 Å². The number of hydrogen-bond donors (Lipinski definition) is 1. The van der Waals surface area contributed by atoms with Gasteiger partial charge in [-0.2, -0.15) is 0 Å². The number of ether oxygens (including phenoxy) is 1. The van der Waals surface area contributed by atoms with E-state index in [4.69, 9.17) is 4.74 Å². The largest absolute Gasteiger partial charge is 0.456 e. The molecule has 0 bridgehead atoms. The molecule has 1 heterocycles. The standard InChI is InChI=1S/C18H23NO4/c1-2-3-5-10-14(20)11-17(21)19-15-12-16(23-18(15)22)13-8-6-4-7-9-13/h4,6-9,15-16H,2-3,5,10-12H2,1H3,(H,19,21)/t15-,16+/m1/s1. The highest BCUT2D eigenvalue weighted by molar-refractivity contribution is 5.99. The number of benzene rings is 1. The molecular weight excluding hydrogens is 294 g/mol. The number of ketones is 1. The second-order valence-corrected chi connectivity index (χ2v) is 5.86. The first-order valence-electron chi connectivity index (χ1n) is 8.16. The minimum Gasteiger partial charge on any atom is -0.456 e. The van der Waals surface area contributed by atoms with Crippen LogP contribution in [0.5, 0.6) is 0 Å².